The van der Waals surface area contributed by atoms with Crippen molar-refractivity contribution in [1.29, 1.82) is 0 Å². The number of hydrogen-bond acceptors (Lipinski definition) is 5. The van der Waals surface area contributed by atoms with E-state index in [1.54, 1.807) is 13.0 Å². The number of carbonyl (C=O) groups excluding carboxylic acids is 2. The number of anilines is 1. The summed E-state index contributed by atoms with van der Waals surface area (Å²) < 4.78 is 0. The van der Waals surface area contributed by atoms with Crippen LogP contribution in [-0.4, -0.2) is 35.4 Å². The third kappa shape index (κ3) is 7.09. The molecule has 3 atom stereocenters. The minimum Gasteiger partial charge on any atom is -0.384 e. The summed E-state index contributed by atoms with van der Waals surface area (Å²) in [7, 11) is 0. The molecule has 5 N–H and O–H groups in total. The Kier molecular flexibility index (Phi) is 10.5. The lowest BCUT2D eigenvalue weighted by Crippen LogP contribution is -2.50. The number of hydrogen-bond donors (Lipinski definition) is 4. The summed E-state index contributed by atoms with van der Waals surface area (Å²) in [5.74, 6) is 0.463. The molecule has 1 saturated heterocycles. The Hall–Kier alpha value is -2.87. The number of carbonyl (C=O) groups is 2. The van der Waals surface area contributed by atoms with Crippen LogP contribution in [0.25, 0.3) is 10.8 Å². The molecule has 1 aliphatic heterocycles. The minimum absolute atomic E-state index is 0. The second kappa shape index (κ2) is 12.9. The molecular formula is C27H35Cl2N5O2. The highest BCUT2D eigenvalue weighted by Crippen LogP contribution is 2.24. The van der Waals surface area contributed by atoms with Crippen molar-refractivity contribution in [1.82, 2.24) is 20.9 Å². The SMILES string of the molecule is Cc1nc(N)ccc1CNC(=O)C(C)NC(=O)[C@H]1C[C@H](Cc2ccc3c(C)cccc3c2)CN1.Cl.Cl. The maximum absolute atomic E-state index is 12.8. The van der Waals surface area contributed by atoms with Crippen LogP contribution in [-0.2, 0) is 22.6 Å². The summed E-state index contributed by atoms with van der Waals surface area (Å²) in [6, 6.07) is 15.6. The average Bonchev–Trinajstić information content (AvgIpc) is 3.27. The van der Waals surface area contributed by atoms with Crippen LogP contribution in [0, 0.1) is 19.8 Å². The number of nitrogens with two attached hydrogens (primary N) is 1. The molecular weight excluding hydrogens is 497 g/mol. The van der Waals surface area contributed by atoms with Gasteiger partial charge in [-0.25, -0.2) is 4.98 Å². The largest absolute Gasteiger partial charge is 0.384 e. The summed E-state index contributed by atoms with van der Waals surface area (Å²) in [4.78, 5) is 29.5. The van der Waals surface area contributed by atoms with Crippen LogP contribution in [0.1, 0.15) is 35.7 Å². The van der Waals surface area contributed by atoms with E-state index in [4.69, 9.17) is 5.73 Å². The Morgan fingerprint density at radius 2 is 1.92 bits per heavy atom. The number of benzene rings is 2. The number of rotatable bonds is 7. The molecule has 0 spiro atoms. The van der Waals surface area contributed by atoms with E-state index in [1.165, 1.54) is 21.9 Å². The van der Waals surface area contributed by atoms with Crippen LogP contribution in [0.2, 0.25) is 0 Å². The Labute approximate surface area is 224 Å². The minimum atomic E-state index is -0.626. The van der Waals surface area contributed by atoms with Crippen LogP contribution in [0.5, 0.6) is 0 Å². The third-order valence-corrected chi connectivity index (χ3v) is 6.65. The van der Waals surface area contributed by atoms with Gasteiger partial charge in [-0.1, -0.05) is 42.5 Å². The second-order valence-corrected chi connectivity index (χ2v) is 9.33. The van der Waals surface area contributed by atoms with Gasteiger partial charge in [-0.3, -0.25) is 9.59 Å². The summed E-state index contributed by atoms with van der Waals surface area (Å²) in [6.07, 6.45) is 1.67. The molecule has 4 rings (SSSR count). The van der Waals surface area contributed by atoms with Crippen LogP contribution in [0.4, 0.5) is 5.82 Å². The highest BCUT2D eigenvalue weighted by molar-refractivity contribution is 5.89. The first-order valence-electron chi connectivity index (χ1n) is 11.8. The number of fused-ring (bicyclic) bond motifs is 1. The van der Waals surface area contributed by atoms with Crippen LogP contribution in [0.15, 0.2) is 48.5 Å². The maximum Gasteiger partial charge on any atom is 0.242 e. The zero-order valence-electron chi connectivity index (χ0n) is 20.8. The number of nitrogen functional groups attached to an aromatic ring is 1. The van der Waals surface area contributed by atoms with Crippen molar-refractivity contribution in [2.24, 2.45) is 5.92 Å². The van der Waals surface area contributed by atoms with E-state index in [2.05, 4.69) is 64.3 Å². The number of aromatic nitrogens is 1. The molecule has 1 aliphatic rings. The van der Waals surface area contributed by atoms with E-state index < -0.39 is 6.04 Å². The fraction of sp³-hybridized carbons (Fsp3) is 0.370. The lowest BCUT2D eigenvalue weighted by molar-refractivity contribution is -0.129. The molecule has 9 heteroatoms. The Balaban J connectivity index is 0.00000228. The molecule has 0 radical (unpaired) electrons. The van der Waals surface area contributed by atoms with Gasteiger partial charge in [-0.15, -0.1) is 24.8 Å². The summed E-state index contributed by atoms with van der Waals surface area (Å²) in [5, 5.41) is 11.6. The molecule has 2 aromatic carbocycles. The van der Waals surface area contributed by atoms with Crippen LogP contribution >= 0.6 is 24.8 Å². The molecule has 1 fully saturated rings. The highest BCUT2D eigenvalue weighted by Gasteiger charge is 2.31. The molecule has 0 saturated carbocycles. The van der Waals surface area contributed by atoms with Gasteiger partial charge in [-0.05, 0) is 79.6 Å². The van der Waals surface area contributed by atoms with Gasteiger partial charge >= 0.3 is 0 Å². The fourth-order valence-corrected chi connectivity index (χ4v) is 4.63. The highest BCUT2D eigenvalue weighted by atomic mass is 35.5. The molecule has 7 nitrogen and oxygen atoms in total. The lowest BCUT2D eigenvalue weighted by Gasteiger charge is -2.17. The number of amides is 2. The summed E-state index contributed by atoms with van der Waals surface area (Å²) in [6.45, 7) is 6.81. The van der Waals surface area contributed by atoms with Crippen LogP contribution in [0.3, 0.4) is 0 Å². The average molecular weight is 533 g/mol. The number of nitrogens with zero attached hydrogens (tertiary/aromatic N) is 1. The lowest BCUT2D eigenvalue weighted by atomic mass is 9.94. The van der Waals surface area contributed by atoms with Crippen molar-refractivity contribution in [3.05, 3.63) is 70.9 Å². The number of nitrogens with one attached hydrogen (secondary N) is 3. The van der Waals surface area contributed by atoms with Gasteiger partial charge in [0.15, 0.2) is 0 Å². The first-order valence-corrected chi connectivity index (χ1v) is 11.8. The van der Waals surface area contributed by atoms with Gasteiger partial charge in [0.25, 0.3) is 0 Å². The standard InChI is InChI=1S/C27H33N5O2.2ClH/c1-16-5-4-6-21-12-19(7-9-23(16)21)11-20-13-24(29-14-20)27(34)32-18(3)26(33)30-15-22-8-10-25(28)31-17(22)2;;/h4-10,12,18,20,24,29H,11,13-15H2,1-3H3,(H2,28,31)(H,30,33)(H,32,34);2*1H/t18?,20-,24+;;/m0../s1. The quantitative estimate of drug-likeness (QED) is 0.372. The normalized spacial score (nSPS) is 17.5. The predicted octanol–water partition coefficient (Wildman–Crippen LogP) is 3.62. The van der Waals surface area contributed by atoms with E-state index in [9.17, 15) is 9.59 Å². The van der Waals surface area contributed by atoms with Crippen molar-refractivity contribution < 1.29 is 9.59 Å². The van der Waals surface area contributed by atoms with Crippen molar-refractivity contribution in [2.75, 3.05) is 12.3 Å². The number of pyridine rings is 1. The number of aryl methyl sites for hydroxylation is 2. The summed E-state index contributed by atoms with van der Waals surface area (Å²) >= 11 is 0. The van der Waals surface area contributed by atoms with Gasteiger partial charge in [0.05, 0.1) is 6.04 Å². The van der Waals surface area contributed by atoms with Crippen molar-refractivity contribution in [3.63, 3.8) is 0 Å². The van der Waals surface area contributed by atoms with E-state index in [0.717, 1.165) is 30.6 Å². The Bertz CT molecular complexity index is 1220. The van der Waals surface area contributed by atoms with E-state index >= 15 is 0 Å². The van der Waals surface area contributed by atoms with Crippen molar-refractivity contribution in [3.8, 4) is 0 Å². The Morgan fingerprint density at radius 3 is 2.67 bits per heavy atom. The van der Waals surface area contributed by atoms with Crippen molar-refractivity contribution >= 4 is 53.2 Å². The first-order chi connectivity index (χ1) is 16.3. The van der Waals surface area contributed by atoms with Crippen LogP contribution < -0.4 is 21.7 Å². The van der Waals surface area contributed by atoms with E-state index in [0.29, 0.717) is 18.3 Å². The zero-order valence-corrected chi connectivity index (χ0v) is 22.5. The Morgan fingerprint density at radius 1 is 1.14 bits per heavy atom. The zero-order chi connectivity index (χ0) is 24.2. The fourth-order valence-electron chi connectivity index (χ4n) is 4.63. The summed E-state index contributed by atoms with van der Waals surface area (Å²) in [5.41, 5.74) is 9.91. The second-order valence-electron chi connectivity index (χ2n) is 9.33. The molecule has 36 heavy (non-hydrogen) atoms. The molecule has 0 bridgehead atoms. The molecule has 3 aromatic rings. The van der Waals surface area contributed by atoms with E-state index in [-0.39, 0.29) is 42.7 Å². The first kappa shape index (κ1) is 29.4. The van der Waals surface area contributed by atoms with E-state index in [1.807, 2.05) is 13.0 Å². The third-order valence-electron chi connectivity index (χ3n) is 6.65. The predicted molar refractivity (Wildman–Crippen MR) is 150 cm³/mol. The van der Waals surface area contributed by atoms with Gasteiger partial charge in [-0.2, -0.15) is 0 Å². The van der Waals surface area contributed by atoms with Gasteiger partial charge in [0.2, 0.25) is 11.8 Å². The van der Waals surface area contributed by atoms with Gasteiger partial charge in [0, 0.05) is 12.2 Å². The van der Waals surface area contributed by atoms with Crippen molar-refractivity contribution in [2.45, 2.75) is 52.2 Å². The molecule has 1 aromatic heterocycles. The molecule has 194 valence electrons. The smallest absolute Gasteiger partial charge is 0.242 e. The number of halogens is 2. The molecule has 1 unspecified atom stereocenters. The molecule has 2 amide bonds. The molecule has 0 aliphatic carbocycles. The molecule has 2 heterocycles. The maximum atomic E-state index is 12.8. The van der Waals surface area contributed by atoms with Gasteiger partial charge in [0.1, 0.15) is 11.9 Å². The topological polar surface area (TPSA) is 109 Å². The van der Waals surface area contributed by atoms with Gasteiger partial charge < -0.3 is 21.7 Å². The monoisotopic (exact) mass is 531 g/mol.